The van der Waals surface area contributed by atoms with Crippen LogP contribution in [0.2, 0.25) is 0 Å². The normalized spacial score (nSPS) is 22.3. The minimum Gasteiger partial charge on any atom is -0.384 e. The van der Waals surface area contributed by atoms with Crippen molar-refractivity contribution in [3.05, 3.63) is 53.2 Å². The van der Waals surface area contributed by atoms with Gasteiger partial charge in [-0.1, -0.05) is 30.3 Å². The van der Waals surface area contributed by atoms with E-state index in [0.29, 0.717) is 0 Å². The molecule has 0 radical (unpaired) electrons. The van der Waals surface area contributed by atoms with E-state index in [0.717, 1.165) is 11.1 Å². The summed E-state index contributed by atoms with van der Waals surface area (Å²) in [4.78, 5) is 1.80. The lowest BCUT2D eigenvalue weighted by atomic mass is 9.90. The lowest BCUT2D eigenvalue weighted by Gasteiger charge is -2.32. The summed E-state index contributed by atoms with van der Waals surface area (Å²) < 4.78 is 50.8. The monoisotopic (exact) mass is 383 g/mol. The molecule has 1 saturated heterocycles. The molecule has 1 fully saturated rings. The molecule has 0 aliphatic carbocycles. The van der Waals surface area contributed by atoms with Crippen molar-refractivity contribution in [1.29, 1.82) is 0 Å². The van der Waals surface area contributed by atoms with Gasteiger partial charge in [0, 0.05) is 17.5 Å². The first-order valence-corrected chi connectivity index (χ1v) is 9.14. The van der Waals surface area contributed by atoms with Crippen molar-refractivity contribution in [2.45, 2.75) is 50.8 Å². The van der Waals surface area contributed by atoms with Gasteiger partial charge in [0.1, 0.15) is 0 Å². The van der Waals surface area contributed by atoms with E-state index >= 15 is 0 Å². The van der Waals surface area contributed by atoms with Gasteiger partial charge < -0.3 is 14.1 Å². The quantitative estimate of drug-likeness (QED) is 0.650. The third kappa shape index (κ3) is 4.13. The number of hydrogen-bond donors (Lipinski definition) is 0. The lowest BCUT2D eigenvalue weighted by molar-refractivity contribution is -0.0322. The summed E-state index contributed by atoms with van der Waals surface area (Å²) in [5, 5.41) is 0. The van der Waals surface area contributed by atoms with E-state index in [-0.39, 0.29) is 23.1 Å². The lowest BCUT2D eigenvalue weighted by Crippen LogP contribution is -2.41. The maximum absolute atomic E-state index is 12.9. The van der Waals surface area contributed by atoms with Gasteiger partial charge in [-0.2, -0.15) is 13.2 Å². The van der Waals surface area contributed by atoms with Crippen LogP contribution in [0.25, 0.3) is 5.57 Å². The molecule has 26 heavy (non-hydrogen) atoms. The number of rotatable bonds is 3. The van der Waals surface area contributed by atoms with Crippen molar-refractivity contribution in [3.8, 4) is 0 Å². The molecule has 0 amide bonds. The van der Waals surface area contributed by atoms with Gasteiger partial charge in [0.15, 0.2) is 0 Å². The second-order valence-electron chi connectivity index (χ2n) is 7.35. The van der Waals surface area contributed by atoms with Crippen LogP contribution in [0.5, 0.6) is 0 Å². The number of benzene rings is 1. The second kappa shape index (κ2) is 6.66. The highest BCUT2D eigenvalue weighted by molar-refractivity contribution is 8.03. The molecule has 3 nitrogen and oxygen atoms in total. The van der Waals surface area contributed by atoms with Crippen molar-refractivity contribution >= 4 is 24.6 Å². The van der Waals surface area contributed by atoms with Crippen molar-refractivity contribution in [1.82, 2.24) is 4.81 Å². The summed E-state index contributed by atoms with van der Waals surface area (Å²) in [7, 11) is -0.775. The number of hydrogen-bond acceptors (Lipinski definition) is 4. The van der Waals surface area contributed by atoms with Crippen LogP contribution in [-0.2, 0) is 9.31 Å². The van der Waals surface area contributed by atoms with E-state index < -0.39 is 24.0 Å². The molecule has 0 aromatic heterocycles. The number of halogens is 3. The Morgan fingerprint density at radius 2 is 1.58 bits per heavy atom. The van der Waals surface area contributed by atoms with Crippen molar-refractivity contribution in [3.63, 3.8) is 0 Å². The summed E-state index contributed by atoms with van der Waals surface area (Å²) in [6.07, 6.45) is 3.48. The average molecular weight is 383 g/mol. The average Bonchev–Trinajstić information content (AvgIpc) is 2.74. The fourth-order valence-corrected chi connectivity index (χ4v) is 3.46. The predicted octanol–water partition coefficient (Wildman–Crippen LogP) is 5.42. The van der Waals surface area contributed by atoms with E-state index in [1.165, 1.54) is 6.20 Å². The number of thioether (sulfide) groups is 1. The van der Waals surface area contributed by atoms with E-state index in [2.05, 4.69) is 0 Å². The van der Waals surface area contributed by atoms with E-state index in [1.54, 1.807) is 11.0 Å². The van der Waals surface area contributed by atoms with Gasteiger partial charge in [-0.15, -0.1) is 0 Å². The summed E-state index contributed by atoms with van der Waals surface area (Å²) in [6, 6.07) is 9.37. The van der Waals surface area contributed by atoms with Crippen molar-refractivity contribution < 1.29 is 22.5 Å². The highest BCUT2D eigenvalue weighted by Crippen LogP contribution is 2.44. The number of nitrogens with zero attached hydrogens (tertiary/aromatic N) is 1. The van der Waals surface area contributed by atoms with Gasteiger partial charge in [0.05, 0.1) is 11.2 Å². The highest BCUT2D eigenvalue weighted by Gasteiger charge is 2.54. The van der Waals surface area contributed by atoms with Crippen LogP contribution in [0.1, 0.15) is 39.7 Å². The summed E-state index contributed by atoms with van der Waals surface area (Å²) in [6.45, 7) is 7.64. The number of alkyl halides is 3. The molecule has 0 unspecified atom stereocenters. The van der Waals surface area contributed by atoms with Crippen LogP contribution in [0, 0.1) is 0 Å². The zero-order valence-electron chi connectivity index (χ0n) is 15.1. The standard InChI is InChI=1S/C18H21BF3NO2S/c1-16(2)17(3,4)25-19(24-16)23-11-14(13-8-6-5-7-9-13)10-15(12-23)26-18(20,21)22/h5-9,11-12H,10H2,1-4H3. The molecule has 0 bridgehead atoms. The number of allylic oxidation sites excluding steroid dienone is 2. The molecule has 2 aliphatic heterocycles. The molecule has 2 aliphatic rings. The SMILES string of the molecule is CC1(C)OB(N2C=C(SC(F)(F)F)CC(c3ccccc3)=C2)OC1(C)C. The molecule has 0 atom stereocenters. The van der Waals surface area contributed by atoms with Gasteiger partial charge in [-0.3, -0.25) is 0 Å². The van der Waals surface area contributed by atoms with Gasteiger partial charge in [0.2, 0.25) is 0 Å². The van der Waals surface area contributed by atoms with E-state index in [1.807, 2.05) is 58.0 Å². The molecule has 0 saturated carbocycles. The van der Waals surface area contributed by atoms with Crippen LogP contribution in [0.3, 0.4) is 0 Å². The summed E-state index contributed by atoms with van der Waals surface area (Å²) >= 11 is -0.0941. The zero-order valence-corrected chi connectivity index (χ0v) is 15.9. The van der Waals surface area contributed by atoms with Gasteiger partial charge in [0.25, 0.3) is 0 Å². The maximum atomic E-state index is 12.9. The predicted molar refractivity (Wildman–Crippen MR) is 98.7 cm³/mol. The minimum absolute atomic E-state index is 0.0941. The Bertz CT molecular complexity index is 716. The highest BCUT2D eigenvalue weighted by atomic mass is 32.2. The third-order valence-corrected chi connectivity index (χ3v) is 5.58. The molecule has 140 valence electrons. The van der Waals surface area contributed by atoms with Crippen molar-refractivity contribution in [2.75, 3.05) is 0 Å². The van der Waals surface area contributed by atoms with Crippen molar-refractivity contribution in [2.24, 2.45) is 0 Å². The minimum atomic E-state index is -4.34. The van der Waals surface area contributed by atoms with E-state index in [9.17, 15) is 13.2 Å². The molecule has 2 heterocycles. The van der Waals surface area contributed by atoms with Crippen LogP contribution >= 0.6 is 11.8 Å². The first-order valence-electron chi connectivity index (χ1n) is 8.32. The molecule has 8 heteroatoms. The Hall–Kier alpha value is -1.38. The maximum Gasteiger partial charge on any atom is 0.598 e. The molecule has 0 N–H and O–H groups in total. The van der Waals surface area contributed by atoms with Crippen LogP contribution in [0.4, 0.5) is 13.2 Å². The fourth-order valence-electron chi connectivity index (χ4n) is 2.76. The third-order valence-electron chi connectivity index (χ3n) is 4.84. The molecular formula is C18H21BF3NO2S. The molecular weight excluding hydrogens is 362 g/mol. The smallest absolute Gasteiger partial charge is 0.384 e. The topological polar surface area (TPSA) is 21.7 Å². The first-order chi connectivity index (χ1) is 12.0. The first kappa shape index (κ1) is 19.4. The molecule has 1 aromatic rings. The van der Waals surface area contributed by atoms with Crippen LogP contribution < -0.4 is 0 Å². The Labute approximate surface area is 156 Å². The summed E-state index contributed by atoms with van der Waals surface area (Å²) in [5.41, 5.74) is -3.81. The molecule has 0 spiro atoms. The Morgan fingerprint density at radius 3 is 2.12 bits per heavy atom. The largest absolute Gasteiger partial charge is 0.598 e. The Morgan fingerprint density at radius 1 is 1.00 bits per heavy atom. The Kier molecular flexibility index (Phi) is 4.96. The van der Waals surface area contributed by atoms with Crippen LogP contribution in [-0.4, -0.2) is 28.8 Å². The zero-order chi connectivity index (χ0) is 19.2. The molecule has 3 rings (SSSR count). The van der Waals surface area contributed by atoms with Crippen LogP contribution in [0.15, 0.2) is 47.6 Å². The molecule has 1 aromatic carbocycles. The Balaban J connectivity index is 1.92. The second-order valence-corrected chi connectivity index (χ2v) is 8.54. The fraction of sp³-hybridized carbons (Fsp3) is 0.444. The van der Waals surface area contributed by atoms with E-state index in [4.69, 9.17) is 9.31 Å². The van der Waals surface area contributed by atoms with Gasteiger partial charge in [-0.25, -0.2) is 0 Å². The summed E-state index contributed by atoms with van der Waals surface area (Å²) in [5.74, 6) is 0. The van der Waals surface area contributed by atoms with Gasteiger partial charge >= 0.3 is 12.8 Å². The van der Waals surface area contributed by atoms with Gasteiger partial charge in [-0.05, 0) is 56.8 Å².